The smallest absolute Gasteiger partial charge is 0.252 e. The van der Waals surface area contributed by atoms with E-state index in [0.29, 0.717) is 0 Å². The van der Waals surface area contributed by atoms with Gasteiger partial charge in [-0.25, -0.2) is 0 Å². The van der Waals surface area contributed by atoms with Gasteiger partial charge in [0.05, 0.1) is 0 Å². The average Bonchev–Trinajstić information content (AvgIpc) is 3.30. The number of rotatable bonds is 7. The molecule has 2 aliphatic rings. The van der Waals surface area contributed by atoms with Gasteiger partial charge in [-0.3, -0.25) is 0 Å². The van der Waals surface area contributed by atoms with Crippen molar-refractivity contribution in [3.63, 3.8) is 0 Å². The molecule has 272 valence electrons. The molecule has 0 atom stereocenters. The molecule has 0 spiro atoms. The van der Waals surface area contributed by atoms with Gasteiger partial charge in [-0.1, -0.05) is 182 Å². The Hall–Kier alpha value is -7.36. The molecule has 0 saturated carbocycles. The highest BCUT2D eigenvalue weighted by atomic mass is 15.2. The van der Waals surface area contributed by atoms with Crippen molar-refractivity contribution in [1.82, 2.24) is 0 Å². The van der Waals surface area contributed by atoms with E-state index in [0.717, 1.165) is 11.4 Å². The average molecular weight is 739 g/mol. The van der Waals surface area contributed by atoms with Crippen LogP contribution in [0.4, 0.5) is 34.1 Å². The predicted octanol–water partition coefficient (Wildman–Crippen LogP) is 12.3. The van der Waals surface area contributed by atoms with Crippen LogP contribution in [-0.2, 0) is 0 Å². The maximum atomic E-state index is 2.53. The first-order valence-corrected chi connectivity index (χ1v) is 20.2. The Morgan fingerprint density at radius 3 is 1.31 bits per heavy atom. The van der Waals surface area contributed by atoms with E-state index in [1.807, 2.05) is 0 Å². The minimum atomic E-state index is 0.0145. The predicted molar refractivity (Wildman–Crippen MR) is 245 cm³/mol. The van der Waals surface area contributed by atoms with Crippen molar-refractivity contribution in [1.29, 1.82) is 0 Å². The summed E-state index contributed by atoms with van der Waals surface area (Å²) >= 11 is 0. The van der Waals surface area contributed by atoms with Gasteiger partial charge in [0.15, 0.2) is 0 Å². The van der Waals surface area contributed by atoms with Gasteiger partial charge in [-0.05, 0) is 104 Å². The Kier molecular flexibility index (Phi) is 8.37. The van der Waals surface area contributed by atoms with Crippen LogP contribution in [0.1, 0.15) is 22.6 Å². The summed E-state index contributed by atoms with van der Waals surface area (Å²) in [4.78, 5) is 5.03. The lowest BCUT2D eigenvalue weighted by molar-refractivity contribution is 0.975. The van der Waals surface area contributed by atoms with Gasteiger partial charge in [0.25, 0.3) is 6.71 Å². The Bertz CT molecular complexity index is 2840. The topological polar surface area (TPSA) is 6.48 Å². The molecule has 0 aromatic heterocycles. The molecular formula is C55H39BN2. The first-order chi connectivity index (χ1) is 28.8. The molecule has 58 heavy (non-hydrogen) atoms. The van der Waals surface area contributed by atoms with Crippen molar-refractivity contribution in [2.75, 3.05) is 9.80 Å². The van der Waals surface area contributed by atoms with Crippen molar-refractivity contribution in [2.45, 2.75) is 5.92 Å². The standard InChI is InChI=1S/C55H39BN2/c1-6-18-39(19-7-1)41-30-33-47(34-31-41)58-51-35-32-44(40-20-8-2-9-21-40)36-49(51)56-48-28-16-17-29-50(48)57(46-26-14-5-15-27-46)52-37-45(38-53(58)55(52)56)54(42-22-10-3-11-23-42)43-24-12-4-13-25-43/h1-38,54H. The number of para-hydroxylation sites is 2. The van der Waals surface area contributed by atoms with Gasteiger partial charge in [0, 0.05) is 40.0 Å². The molecule has 2 nitrogen and oxygen atoms in total. The number of nitrogens with zero attached hydrogens (tertiary/aromatic N) is 2. The second kappa shape index (κ2) is 14.3. The number of hydrogen-bond donors (Lipinski definition) is 0. The summed E-state index contributed by atoms with van der Waals surface area (Å²) in [5, 5.41) is 0. The van der Waals surface area contributed by atoms with Gasteiger partial charge in [0.2, 0.25) is 0 Å². The van der Waals surface area contributed by atoms with Crippen molar-refractivity contribution in [3.8, 4) is 22.3 Å². The van der Waals surface area contributed by atoms with Gasteiger partial charge in [-0.15, -0.1) is 0 Å². The van der Waals surface area contributed by atoms with Gasteiger partial charge < -0.3 is 9.80 Å². The summed E-state index contributed by atoms with van der Waals surface area (Å²) in [5.41, 5.74) is 19.7. The molecule has 2 heterocycles. The first kappa shape index (κ1) is 33.9. The van der Waals surface area contributed by atoms with E-state index in [9.17, 15) is 0 Å². The Morgan fingerprint density at radius 2 is 0.724 bits per heavy atom. The van der Waals surface area contributed by atoms with Crippen LogP contribution < -0.4 is 26.2 Å². The summed E-state index contributed by atoms with van der Waals surface area (Å²) in [6, 6.07) is 84.6. The van der Waals surface area contributed by atoms with Gasteiger partial charge >= 0.3 is 0 Å². The largest absolute Gasteiger partial charge is 0.311 e. The van der Waals surface area contributed by atoms with E-state index in [1.54, 1.807) is 0 Å². The summed E-state index contributed by atoms with van der Waals surface area (Å²) in [6.07, 6.45) is 0. The van der Waals surface area contributed by atoms with E-state index in [2.05, 4.69) is 240 Å². The van der Waals surface area contributed by atoms with E-state index < -0.39 is 0 Å². The van der Waals surface area contributed by atoms with E-state index in [4.69, 9.17) is 0 Å². The molecule has 0 bridgehead atoms. The highest BCUT2D eigenvalue weighted by Crippen LogP contribution is 2.47. The monoisotopic (exact) mass is 738 g/mol. The van der Waals surface area contributed by atoms with Gasteiger partial charge in [-0.2, -0.15) is 0 Å². The summed E-state index contributed by atoms with van der Waals surface area (Å²) in [6.45, 7) is 0.0145. The molecule has 0 amide bonds. The third kappa shape index (κ3) is 5.74. The third-order valence-corrected chi connectivity index (χ3v) is 12.0. The fourth-order valence-electron chi connectivity index (χ4n) is 9.38. The second-order valence-corrected chi connectivity index (χ2v) is 15.3. The van der Waals surface area contributed by atoms with Crippen LogP contribution in [0.3, 0.4) is 0 Å². The van der Waals surface area contributed by atoms with E-state index in [1.165, 1.54) is 78.1 Å². The van der Waals surface area contributed by atoms with Crippen LogP contribution in [0.5, 0.6) is 0 Å². The first-order valence-electron chi connectivity index (χ1n) is 20.2. The van der Waals surface area contributed by atoms with E-state index >= 15 is 0 Å². The number of hydrogen-bond acceptors (Lipinski definition) is 2. The summed E-state index contributed by atoms with van der Waals surface area (Å²) in [5.74, 6) is 0.0151. The van der Waals surface area contributed by atoms with Crippen molar-refractivity contribution >= 4 is 57.2 Å². The molecular weight excluding hydrogens is 699 g/mol. The van der Waals surface area contributed by atoms with Crippen LogP contribution in [-0.4, -0.2) is 6.71 Å². The maximum absolute atomic E-state index is 2.53. The van der Waals surface area contributed by atoms with Crippen molar-refractivity contribution in [3.05, 3.63) is 247 Å². The SMILES string of the molecule is c1ccc(-c2ccc(N3c4ccc(-c5ccccc5)cc4B4c5ccccc5N(c5ccccc5)c5cc(C(c6ccccc6)c6ccccc6)cc3c54)cc2)cc1. The van der Waals surface area contributed by atoms with Crippen molar-refractivity contribution in [2.24, 2.45) is 0 Å². The lowest BCUT2D eigenvalue weighted by Crippen LogP contribution is -2.61. The number of anilines is 6. The second-order valence-electron chi connectivity index (χ2n) is 15.3. The molecule has 11 rings (SSSR count). The molecule has 0 radical (unpaired) electrons. The molecule has 9 aromatic rings. The minimum Gasteiger partial charge on any atom is -0.311 e. The molecule has 0 unspecified atom stereocenters. The van der Waals surface area contributed by atoms with Gasteiger partial charge in [0.1, 0.15) is 0 Å². The molecule has 3 heteroatoms. The van der Waals surface area contributed by atoms with E-state index in [-0.39, 0.29) is 12.6 Å². The molecule has 0 N–H and O–H groups in total. The summed E-state index contributed by atoms with van der Waals surface area (Å²) < 4.78 is 0. The Balaban J connectivity index is 1.23. The van der Waals surface area contributed by atoms with Crippen molar-refractivity contribution < 1.29 is 0 Å². The molecule has 0 aliphatic carbocycles. The molecule has 0 saturated heterocycles. The highest BCUT2D eigenvalue weighted by molar-refractivity contribution is 7.00. The Morgan fingerprint density at radius 1 is 0.293 bits per heavy atom. The zero-order valence-electron chi connectivity index (χ0n) is 32.0. The third-order valence-electron chi connectivity index (χ3n) is 12.0. The van der Waals surface area contributed by atoms with Crippen LogP contribution in [0.2, 0.25) is 0 Å². The molecule has 2 aliphatic heterocycles. The zero-order chi connectivity index (χ0) is 38.4. The lowest BCUT2D eigenvalue weighted by atomic mass is 9.33. The quantitative estimate of drug-likeness (QED) is 0.119. The van der Waals surface area contributed by atoms with Crippen LogP contribution in [0.15, 0.2) is 231 Å². The number of benzene rings is 9. The van der Waals surface area contributed by atoms with Crippen LogP contribution in [0, 0.1) is 0 Å². The fourth-order valence-corrected chi connectivity index (χ4v) is 9.38. The zero-order valence-corrected chi connectivity index (χ0v) is 32.0. The normalized spacial score (nSPS) is 12.5. The van der Waals surface area contributed by atoms with Crippen LogP contribution in [0.25, 0.3) is 22.3 Å². The molecule has 0 fully saturated rings. The Labute approximate surface area is 341 Å². The minimum absolute atomic E-state index is 0.0145. The lowest BCUT2D eigenvalue weighted by Gasteiger charge is -2.45. The number of fused-ring (bicyclic) bond motifs is 4. The summed E-state index contributed by atoms with van der Waals surface area (Å²) in [7, 11) is 0. The fraction of sp³-hybridized carbons (Fsp3) is 0.0182. The molecule has 9 aromatic carbocycles. The maximum Gasteiger partial charge on any atom is 0.252 e. The highest BCUT2D eigenvalue weighted by Gasteiger charge is 2.44. The van der Waals surface area contributed by atoms with Crippen LogP contribution >= 0.6 is 0 Å².